The van der Waals surface area contributed by atoms with Crippen LogP contribution in [0.4, 0.5) is 0 Å². The minimum Gasteiger partial charge on any atom is -0.465 e. The zero-order chi connectivity index (χ0) is 12.9. The third-order valence-corrected chi connectivity index (χ3v) is 3.34. The highest BCUT2D eigenvalue weighted by atomic mass is 16.5. The number of hydrogen-bond acceptors (Lipinski definition) is 4. The Morgan fingerprint density at radius 3 is 2.83 bits per heavy atom. The van der Waals surface area contributed by atoms with Crippen LogP contribution < -0.4 is 0 Å². The van der Waals surface area contributed by atoms with Crippen molar-refractivity contribution in [2.45, 2.75) is 19.4 Å². The molecule has 3 rings (SSSR count). The standard InChI is InChI=1S/C14H12O4/c1-2-8-6-9-11(18-8)5-7-3-4-10(15)14(17)12(7)13(9)16/h3-6,9-10,15H,2H2,1H3. The molecule has 0 spiro atoms. The molecule has 92 valence electrons. The summed E-state index contributed by atoms with van der Waals surface area (Å²) in [4.78, 5) is 24.1. The molecule has 0 saturated carbocycles. The number of carbonyl (C=O) groups is 2. The topological polar surface area (TPSA) is 63.6 Å². The van der Waals surface area contributed by atoms with Crippen LogP contribution in [0, 0.1) is 5.92 Å². The molecule has 0 radical (unpaired) electrons. The van der Waals surface area contributed by atoms with Gasteiger partial charge in [0.15, 0.2) is 11.6 Å². The summed E-state index contributed by atoms with van der Waals surface area (Å²) in [5.41, 5.74) is 0.628. The second kappa shape index (κ2) is 3.78. The molecular weight excluding hydrogens is 232 g/mol. The summed E-state index contributed by atoms with van der Waals surface area (Å²) >= 11 is 0. The van der Waals surface area contributed by atoms with Gasteiger partial charge in [-0.3, -0.25) is 9.59 Å². The number of hydrogen-bond donors (Lipinski definition) is 1. The number of carbonyl (C=O) groups excluding carboxylic acids is 2. The van der Waals surface area contributed by atoms with Gasteiger partial charge in [-0.25, -0.2) is 0 Å². The smallest absolute Gasteiger partial charge is 0.199 e. The fourth-order valence-electron chi connectivity index (χ4n) is 2.38. The summed E-state index contributed by atoms with van der Waals surface area (Å²) in [6.45, 7) is 1.94. The van der Waals surface area contributed by atoms with Gasteiger partial charge >= 0.3 is 0 Å². The van der Waals surface area contributed by atoms with Crippen molar-refractivity contribution < 1.29 is 19.4 Å². The highest BCUT2D eigenvalue weighted by Gasteiger charge is 2.40. The van der Waals surface area contributed by atoms with Crippen LogP contribution in [-0.2, 0) is 14.3 Å². The van der Waals surface area contributed by atoms with Crippen LogP contribution >= 0.6 is 0 Å². The van der Waals surface area contributed by atoms with Crippen molar-refractivity contribution in [1.82, 2.24) is 0 Å². The van der Waals surface area contributed by atoms with E-state index in [2.05, 4.69) is 0 Å². The number of allylic oxidation sites excluding steroid dienone is 5. The fourth-order valence-corrected chi connectivity index (χ4v) is 2.38. The van der Waals surface area contributed by atoms with Crippen LogP contribution in [-0.4, -0.2) is 22.8 Å². The first-order valence-corrected chi connectivity index (χ1v) is 5.91. The zero-order valence-corrected chi connectivity index (χ0v) is 9.84. The van der Waals surface area contributed by atoms with Crippen LogP contribution in [0.5, 0.6) is 0 Å². The van der Waals surface area contributed by atoms with E-state index in [9.17, 15) is 14.7 Å². The lowest BCUT2D eigenvalue weighted by atomic mass is 9.81. The fraction of sp³-hybridized carbons (Fsp3) is 0.286. The first kappa shape index (κ1) is 11.2. The molecule has 0 saturated heterocycles. The average Bonchev–Trinajstić information content (AvgIpc) is 2.77. The molecule has 0 aromatic rings. The van der Waals surface area contributed by atoms with Gasteiger partial charge in [-0.2, -0.15) is 0 Å². The lowest BCUT2D eigenvalue weighted by molar-refractivity contribution is -0.126. The molecule has 4 nitrogen and oxygen atoms in total. The van der Waals surface area contributed by atoms with E-state index in [0.717, 1.165) is 5.76 Å². The van der Waals surface area contributed by atoms with Crippen molar-refractivity contribution in [3.63, 3.8) is 0 Å². The number of ketones is 2. The first-order chi connectivity index (χ1) is 8.61. The second-order valence-electron chi connectivity index (χ2n) is 4.48. The molecule has 3 aliphatic rings. The SMILES string of the molecule is CCC1=CC2C(=O)C3=C(C=CC(O)C3=O)C=C2O1. The molecule has 2 unspecified atom stereocenters. The van der Waals surface area contributed by atoms with E-state index in [1.165, 1.54) is 6.08 Å². The molecule has 0 fully saturated rings. The number of Topliss-reactive ketones (excluding diaryl/α,β-unsaturated/α-hetero) is 2. The molecule has 1 heterocycles. The van der Waals surface area contributed by atoms with E-state index in [1.54, 1.807) is 18.2 Å². The van der Waals surface area contributed by atoms with Gasteiger partial charge in [0, 0.05) is 6.42 Å². The monoisotopic (exact) mass is 244 g/mol. The number of rotatable bonds is 1. The van der Waals surface area contributed by atoms with Gasteiger partial charge in [0.25, 0.3) is 0 Å². The number of aliphatic hydroxyl groups is 1. The molecule has 4 heteroatoms. The largest absolute Gasteiger partial charge is 0.465 e. The van der Waals surface area contributed by atoms with Crippen LogP contribution in [0.2, 0.25) is 0 Å². The predicted octanol–water partition coefficient (Wildman–Crippen LogP) is 1.19. The Morgan fingerprint density at radius 1 is 1.33 bits per heavy atom. The molecule has 2 atom stereocenters. The summed E-state index contributed by atoms with van der Waals surface area (Å²) < 4.78 is 5.56. The van der Waals surface area contributed by atoms with Gasteiger partial charge in [0.05, 0.1) is 5.57 Å². The summed E-state index contributed by atoms with van der Waals surface area (Å²) in [5.74, 6) is 0.0210. The summed E-state index contributed by atoms with van der Waals surface area (Å²) in [7, 11) is 0. The van der Waals surface area contributed by atoms with Gasteiger partial charge in [-0.05, 0) is 23.8 Å². The van der Waals surface area contributed by atoms with Crippen molar-refractivity contribution in [3.8, 4) is 0 Å². The first-order valence-electron chi connectivity index (χ1n) is 5.91. The Hall–Kier alpha value is -1.94. The lowest BCUT2D eigenvalue weighted by Gasteiger charge is -2.22. The third kappa shape index (κ3) is 1.42. The van der Waals surface area contributed by atoms with Gasteiger partial charge < -0.3 is 9.84 Å². The predicted molar refractivity (Wildman–Crippen MR) is 63.2 cm³/mol. The molecule has 0 amide bonds. The maximum Gasteiger partial charge on any atom is 0.199 e. The van der Waals surface area contributed by atoms with Crippen molar-refractivity contribution in [2.24, 2.45) is 5.92 Å². The van der Waals surface area contributed by atoms with Crippen LogP contribution in [0.1, 0.15) is 13.3 Å². The van der Waals surface area contributed by atoms with Crippen LogP contribution in [0.15, 0.2) is 47.0 Å². The summed E-state index contributed by atoms with van der Waals surface area (Å²) in [6.07, 6.45) is 5.93. The minimum atomic E-state index is -1.21. The quantitative estimate of drug-likeness (QED) is 0.704. The van der Waals surface area contributed by atoms with E-state index in [4.69, 9.17) is 4.74 Å². The molecule has 2 aliphatic carbocycles. The molecule has 0 aromatic heterocycles. The Morgan fingerprint density at radius 2 is 2.11 bits per heavy atom. The van der Waals surface area contributed by atoms with E-state index in [0.29, 0.717) is 17.8 Å². The molecule has 1 aliphatic heterocycles. The third-order valence-electron chi connectivity index (χ3n) is 3.34. The van der Waals surface area contributed by atoms with Gasteiger partial charge in [-0.15, -0.1) is 0 Å². The summed E-state index contributed by atoms with van der Waals surface area (Å²) in [5, 5.41) is 9.48. The van der Waals surface area contributed by atoms with Gasteiger partial charge in [0.1, 0.15) is 23.5 Å². The highest BCUT2D eigenvalue weighted by Crippen LogP contribution is 2.38. The van der Waals surface area contributed by atoms with E-state index < -0.39 is 17.8 Å². The number of aliphatic hydroxyl groups excluding tert-OH is 1. The second-order valence-corrected chi connectivity index (χ2v) is 4.48. The highest BCUT2D eigenvalue weighted by molar-refractivity contribution is 6.26. The minimum absolute atomic E-state index is 0.0935. The summed E-state index contributed by atoms with van der Waals surface area (Å²) in [6, 6.07) is 0. The Bertz CT molecular complexity index is 575. The average molecular weight is 244 g/mol. The van der Waals surface area contributed by atoms with Crippen molar-refractivity contribution >= 4 is 11.6 Å². The zero-order valence-electron chi connectivity index (χ0n) is 9.84. The number of fused-ring (bicyclic) bond motifs is 1. The van der Waals surface area contributed by atoms with Crippen LogP contribution in [0.3, 0.4) is 0 Å². The van der Waals surface area contributed by atoms with E-state index in [-0.39, 0.29) is 11.4 Å². The number of ether oxygens (including phenoxy) is 1. The molecule has 18 heavy (non-hydrogen) atoms. The maximum atomic E-state index is 12.3. The maximum absolute atomic E-state index is 12.3. The van der Waals surface area contributed by atoms with E-state index in [1.807, 2.05) is 6.92 Å². The molecular formula is C14H12O4. The Balaban J connectivity index is 2.07. The molecule has 0 aromatic carbocycles. The normalized spacial score (nSPS) is 29.7. The van der Waals surface area contributed by atoms with Gasteiger partial charge in [0.2, 0.25) is 0 Å². The molecule has 1 N–H and O–H groups in total. The van der Waals surface area contributed by atoms with Gasteiger partial charge in [-0.1, -0.05) is 13.0 Å². The van der Waals surface area contributed by atoms with Crippen LogP contribution in [0.25, 0.3) is 0 Å². The lowest BCUT2D eigenvalue weighted by Crippen LogP contribution is -2.33. The van der Waals surface area contributed by atoms with E-state index >= 15 is 0 Å². The Kier molecular flexibility index (Phi) is 2.35. The van der Waals surface area contributed by atoms with Crippen molar-refractivity contribution in [3.05, 3.63) is 47.0 Å². The Labute approximate surface area is 104 Å². The molecule has 0 bridgehead atoms. The van der Waals surface area contributed by atoms with Crippen molar-refractivity contribution in [2.75, 3.05) is 0 Å². The van der Waals surface area contributed by atoms with Crippen molar-refractivity contribution in [1.29, 1.82) is 0 Å².